The fraction of sp³-hybridized carbons (Fsp3) is 0.176. The van der Waals surface area contributed by atoms with Gasteiger partial charge in [-0.15, -0.1) is 10.2 Å². The van der Waals surface area contributed by atoms with Gasteiger partial charge in [0.2, 0.25) is 5.88 Å². The summed E-state index contributed by atoms with van der Waals surface area (Å²) in [4.78, 5) is 0. The summed E-state index contributed by atoms with van der Waals surface area (Å²) in [5.74, 6) is 0.0926. The monoisotopic (exact) mass is 347 g/mol. The minimum Gasteiger partial charge on any atom is -0.493 e. The molecule has 0 atom stereocenters. The van der Waals surface area contributed by atoms with Crippen LogP contribution in [0.1, 0.15) is 19.9 Å². The average Bonchev–Trinajstić information content (AvgIpc) is 2.78. The van der Waals surface area contributed by atoms with Crippen LogP contribution in [0.5, 0.6) is 5.88 Å². The normalized spacial score (nSPS) is 11.9. The Kier molecular flexibility index (Phi) is 4.28. The van der Waals surface area contributed by atoms with Gasteiger partial charge < -0.3 is 9.67 Å². The van der Waals surface area contributed by atoms with Crippen LogP contribution in [0.15, 0.2) is 52.7 Å². The fourth-order valence-corrected chi connectivity index (χ4v) is 2.97. The van der Waals surface area contributed by atoms with Crippen molar-refractivity contribution < 1.29 is 5.11 Å². The number of aromatic nitrogens is 1. The van der Waals surface area contributed by atoms with Gasteiger partial charge in [-0.05, 0) is 38.1 Å². The molecule has 1 heterocycles. The first-order valence-corrected chi connectivity index (χ1v) is 7.93. The quantitative estimate of drug-likeness (QED) is 0.529. The predicted octanol–water partition coefficient (Wildman–Crippen LogP) is 6.65. The molecular formula is C17H15Cl2N3O. The van der Waals surface area contributed by atoms with Gasteiger partial charge in [-0.2, -0.15) is 0 Å². The van der Waals surface area contributed by atoms with Gasteiger partial charge in [-0.3, -0.25) is 0 Å². The summed E-state index contributed by atoms with van der Waals surface area (Å²) in [5, 5.41) is 20.7. The molecule has 1 N–H and O–H groups in total. The molecule has 0 aliphatic rings. The van der Waals surface area contributed by atoms with Crippen molar-refractivity contribution in [3.8, 4) is 5.88 Å². The Balaban J connectivity index is 2.13. The topological polar surface area (TPSA) is 49.9 Å². The SMILES string of the molecule is CC(C)n1c(O)c(N=Nc2ccc(Cl)cc2Cl)c2ccccc21. The number of benzene rings is 2. The van der Waals surface area contributed by atoms with E-state index < -0.39 is 0 Å². The summed E-state index contributed by atoms with van der Waals surface area (Å²) in [6.45, 7) is 4.01. The summed E-state index contributed by atoms with van der Waals surface area (Å²) in [7, 11) is 0. The lowest BCUT2D eigenvalue weighted by Crippen LogP contribution is -1.98. The molecule has 0 radical (unpaired) electrons. The number of fused-ring (bicyclic) bond motifs is 1. The van der Waals surface area contributed by atoms with Gasteiger partial charge in [0.05, 0.1) is 10.5 Å². The lowest BCUT2D eigenvalue weighted by molar-refractivity contribution is 0.407. The molecule has 0 saturated carbocycles. The fourth-order valence-electron chi connectivity index (χ4n) is 2.52. The Morgan fingerprint density at radius 1 is 1.04 bits per heavy atom. The second-order valence-corrected chi connectivity index (χ2v) is 6.29. The molecule has 118 valence electrons. The molecule has 0 bridgehead atoms. The molecule has 0 unspecified atom stereocenters. The lowest BCUT2D eigenvalue weighted by Gasteiger charge is -2.10. The molecule has 0 aliphatic carbocycles. The van der Waals surface area contributed by atoms with Gasteiger partial charge >= 0.3 is 0 Å². The van der Waals surface area contributed by atoms with E-state index in [2.05, 4.69) is 10.2 Å². The van der Waals surface area contributed by atoms with E-state index in [9.17, 15) is 5.11 Å². The largest absolute Gasteiger partial charge is 0.493 e. The molecule has 0 aliphatic heterocycles. The number of azo groups is 1. The maximum absolute atomic E-state index is 10.5. The summed E-state index contributed by atoms with van der Waals surface area (Å²) in [6, 6.07) is 12.8. The number of hydrogen-bond donors (Lipinski definition) is 1. The number of aromatic hydroxyl groups is 1. The molecule has 4 nitrogen and oxygen atoms in total. The molecule has 0 amide bonds. The molecule has 3 rings (SSSR count). The molecule has 2 aromatic carbocycles. The van der Waals surface area contributed by atoms with Gasteiger partial charge in [0.1, 0.15) is 5.69 Å². The average molecular weight is 348 g/mol. The molecule has 1 aromatic heterocycles. The Bertz CT molecular complexity index is 900. The number of halogens is 2. The zero-order valence-electron chi connectivity index (χ0n) is 12.7. The van der Waals surface area contributed by atoms with Crippen LogP contribution >= 0.6 is 23.2 Å². The van der Waals surface area contributed by atoms with Crippen molar-refractivity contribution in [3.05, 3.63) is 52.5 Å². The highest BCUT2D eigenvalue weighted by molar-refractivity contribution is 6.36. The minimum atomic E-state index is 0.0926. The number of nitrogens with zero attached hydrogens (tertiary/aromatic N) is 3. The Labute approximate surface area is 144 Å². The predicted molar refractivity (Wildman–Crippen MR) is 94.6 cm³/mol. The summed E-state index contributed by atoms with van der Waals surface area (Å²) < 4.78 is 1.83. The third kappa shape index (κ3) is 2.92. The van der Waals surface area contributed by atoms with Crippen LogP contribution in [-0.2, 0) is 0 Å². The van der Waals surface area contributed by atoms with Crippen LogP contribution < -0.4 is 0 Å². The number of hydrogen-bond acceptors (Lipinski definition) is 3. The molecule has 3 aromatic rings. The minimum absolute atomic E-state index is 0.0926. The molecule has 23 heavy (non-hydrogen) atoms. The van der Waals surface area contributed by atoms with E-state index in [1.807, 2.05) is 42.7 Å². The van der Waals surface area contributed by atoms with E-state index in [4.69, 9.17) is 23.2 Å². The van der Waals surface area contributed by atoms with E-state index in [1.54, 1.807) is 18.2 Å². The van der Waals surface area contributed by atoms with Gasteiger partial charge in [-0.25, -0.2) is 0 Å². The molecule has 0 fully saturated rings. The lowest BCUT2D eigenvalue weighted by atomic mass is 10.2. The molecule has 0 spiro atoms. The molecular weight excluding hydrogens is 333 g/mol. The standard InChI is InChI=1S/C17H15Cl2N3O/c1-10(2)22-15-6-4-3-5-12(15)16(17(22)23)21-20-14-8-7-11(18)9-13(14)19/h3-10,23H,1-2H3. The van der Waals surface area contributed by atoms with Crippen molar-refractivity contribution in [2.75, 3.05) is 0 Å². The van der Waals surface area contributed by atoms with E-state index in [-0.39, 0.29) is 11.9 Å². The maximum Gasteiger partial charge on any atom is 0.221 e. The van der Waals surface area contributed by atoms with Crippen molar-refractivity contribution in [1.82, 2.24) is 4.57 Å². The number of para-hydroxylation sites is 1. The van der Waals surface area contributed by atoms with Gasteiger partial charge in [0.25, 0.3) is 0 Å². The van der Waals surface area contributed by atoms with Crippen LogP contribution in [0.2, 0.25) is 10.0 Å². The highest BCUT2D eigenvalue weighted by Gasteiger charge is 2.18. The Hall–Kier alpha value is -2.04. The van der Waals surface area contributed by atoms with Crippen LogP contribution in [0.4, 0.5) is 11.4 Å². The van der Waals surface area contributed by atoms with E-state index in [0.717, 1.165) is 10.9 Å². The number of rotatable bonds is 3. The first-order chi connectivity index (χ1) is 11.0. The second kappa shape index (κ2) is 6.22. The Morgan fingerprint density at radius 2 is 1.78 bits per heavy atom. The van der Waals surface area contributed by atoms with E-state index >= 15 is 0 Å². The first kappa shape index (κ1) is 15.8. The van der Waals surface area contributed by atoms with Crippen molar-refractivity contribution in [3.63, 3.8) is 0 Å². The van der Waals surface area contributed by atoms with Crippen LogP contribution in [0.25, 0.3) is 10.9 Å². The highest BCUT2D eigenvalue weighted by atomic mass is 35.5. The van der Waals surface area contributed by atoms with Crippen molar-refractivity contribution in [1.29, 1.82) is 0 Å². The second-order valence-electron chi connectivity index (χ2n) is 5.45. The molecule has 6 heteroatoms. The summed E-state index contributed by atoms with van der Waals surface area (Å²) in [5.41, 5.74) is 1.84. The summed E-state index contributed by atoms with van der Waals surface area (Å²) in [6.07, 6.45) is 0. The maximum atomic E-state index is 10.5. The van der Waals surface area contributed by atoms with Crippen molar-refractivity contribution >= 4 is 45.5 Å². The third-order valence-corrected chi connectivity index (χ3v) is 4.08. The van der Waals surface area contributed by atoms with Crippen molar-refractivity contribution in [2.24, 2.45) is 10.2 Å². The highest BCUT2D eigenvalue weighted by Crippen LogP contribution is 2.41. The zero-order valence-corrected chi connectivity index (χ0v) is 14.2. The van der Waals surface area contributed by atoms with E-state index in [0.29, 0.717) is 21.4 Å². The van der Waals surface area contributed by atoms with Gasteiger partial charge in [0, 0.05) is 16.5 Å². The van der Waals surface area contributed by atoms with E-state index in [1.165, 1.54) is 0 Å². The van der Waals surface area contributed by atoms with Crippen LogP contribution in [0, 0.1) is 0 Å². The van der Waals surface area contributed by atoms with Crippen LogP contribution in [-0.4, -0.2) is 9.67 Å². The van der Waals surface area contributed by atoms with Gasteiger partial charge in [-0.1, -0.05) is 41.4 Å². The van der Waals surface area contributed by atoms with Crippen molar-refractivity contribution in [2.45, 2.75) is 19.9 Å². The third-order valence-electron chi connectivity index (χ3n) is 3.54. The smallest absolute Gasteiger partial charge is 0.221 e. The van der Waals surface area contributed by atoms with Gasteiger partial charge in [0.15, 0.2) is 5.69 Å². The first-order valence-electron chi connectivity index (χ1n) is 7.17. The zero-order chi connectivity index (χ0) is 16.6. The Morgan fingerprint density at radius 3 is 2.48 bits per heavy atom. The summed E-state index contributed by atoms with van der Waals surface area (Å²) >= 11 is 12.0. The van der Waals surface area contributed by atoms with Crippen LogP contribution in [0.3, 0.4) is 0 Å². The molecule has 0 saturated heterocycles.